The first-order chi connectivity index (χ1) is 11.1. The van der Waals surface area contributed by atoms with Crippen LogP contribution in [-0.2, 0) is 6.61 Å². The summed E-state index contributed by atoms with van der Waals surface area (Å²) in [6.07, 6.45) is 5.06. The van der Waals surface area contributed by atoms with E-state index in [1.807, 2.05) is 31.2 Å². The van der Waals surface area contributed by atoms with Crippen molar-refractivity contribution >= 4 is 0 Å². The van der Waals surface area contributed by atoms with Gasteiger partial charge in [0.2, 0.25) is 0 Å². The van der Waals surface area contributed by atoms with Gasteiger partial charge in [-0.05, 0) is 37.1 Å². The van der Waals surface area contributed by atoms with E-state index in [9.17, 15) is 10.2 Å². The fraction of sp³-hybridized carbons (Fsp3) is 0.684. The predicted molar refractivity (Wildman–Crippen MR) is 92.0 cm³/mol. The van der Waals surface area contributed by atoms with E-state index in [2.05, 4.69) is 4.90 Å². The van der Waals surface area contributed by atoms with Crippen molar-refractivity contribution in [2.75, 3.05) is 19.6 Å². The van der Waals surface area contributed by atoms with Crippen molar-refractivity contribution in [3.63, 3.8) is 0 Å². The van der Waals surface area contributed by atoms with E-state index in [0.29, 0.717) is 6.54 Å². The molecule has 4 heteroatoms. The zero-order chi connectivity index (χ0) is 16.7. The van der Waals surface area contributed by atoms with Crippen molar-refractivity contribution in [2.24, 2.45) is 5.92 Å². The molecule has 0 bridgehead atoms. The standard InChI is InChI=1S/C19H31NO3/c1-15(19(23)17-9-7-16(14-21)8-10-17)18(22)13-20-11-5-3-2-4-6-12-20/h7-10,15,18-19,21-23H,2-6,11-14H2,1H3/t15-,18+,19+/m1/s1. The van der Waals surface area contributed by atoms with Crippen LogP contribution < -0.4 is 0 Å². The summed E-state index contributed by atoms with van der Waals surface area (Å²) in [7, 11) is 0. The highest BCUT2D eigenvalue weighted by Gasteiger charge is 2.25. The van der Waals surface area contributed by atoms with E-state index in [1.165, 1.54) is 32.1 Å². The molecule has 23 heavy (non-hydrogen) atoms. The number of aliphatic hydroxyl groups excluding tert-OH is 3. The van der Waals surface area contributed by atoms with E-state index in [1.54, 1.807) is 0 Å². The van der Waals surface area contributed by atoms with Crippen LogP contribution in [0.25, 0.3) is 0 Å². The number of aliphatic hydroxyl groups is 3. The van der Waals surface area contributed by atoms with Crippen LogP contribution in [0.15, 0.2) is 24.3 Å². The second-order valence-corrected chi connectivity index (χ2v) is 6.84. The number of hydrogen-bond donors (Lipinski definition) is 3. The Labute approximate surface area is 139 Å². The lowest BCUT2D eigenvalue weighted by Gasteiger charge is -2.31. The van der Waals surface area contributed by atoms with Gasteiger partial charge in [0.05, 0.1) is 18.8 Å². The molecule has 1 aromatic rings. The molecule has 1 saturated heterocycles. The Kier molecular flexibility index (Phi) is 7.50. The number of benzene rings is 1. The Bertz CT molecular complexity index is 440. The third-order valence-electron chi connectivity index (χ3n) is 5.00. The summed E-state index contributed by atoms with van der Waals surface area (Å²) < 4.78 is 0. The highest BCUT2D eigenvalue weighted by Crippen LogP contribution is 2.25. The minimum Gasteiger partial charge on any atom is -0.392 e. The van der Waals surface area contributed by atoms with Crippen molar-refractivity contribution in [3.8, 4) is 0 Å². The van der Waals surface area contributed by atoms with Gasteiger partial charge >= 0.3 is 0 Å². The van der Waals surface area contributed by atoms with Gasteiger partial charge in [-0.2, -0.15) is 0 Å². The van der Waals surface area contributed by atoms with Gasteiger partial charge in [0.25, 0.3) is 0 Å². The first-order valence-corrected chi connectivity index (χ1v) is 8.90. The van der Waals surface area contributed by atoms with Crippen LogP contribution in [0.1, 0.15) is 56.3 Å². The number of hydrogen-bond acceptors (Lipinski definition) is 4. The average Bonchev–Trinajstić information content (AvgIpc) is 2.55. The fourth-order valence-electron chi connectivity index (χ4n) is 3.26. The largest absolute Gasteiger partial charge is 0.392 e. The van der Waals surface area contributed by atoms with Gasteiger partial charge in [0.1, 0.15) is 0 Å². The highest BCUT2D eigenvalue weighted by molar-refractivity contribution is 5.24. The summed E-state index contributed by atoms with van der Waals surface area (Å²) in [6.45, 7) is 4.63. The van der Waals surface area contributed by atoms with Crippen LogP contribution in [0.5, 0.6) is 0 Å². The first-order valence-electron chi connectivity index (χ1n) is 8.90. The normalized spacial score (nSPS) is 21.2. The molecule has 0 spiro atoms. The Balaban J connectivity index is 1.90. The molecule has 0 unspecified atom stereocenters. The van der Waals surface area contributed by atoms with Crippen LogP contribution >= 0.6 is 0 Å². The Morgan fingerprint density at radius 2 is 1.52 bits per heavy atom. The molecule has 4 nitrogen and oxygen atoms in total. The lowest BCUT2D eigenvalue weighted by Crippen LogP contribution is -2.39. The summed E-state index contributed by atoms with van der Waals surface area (Å²) in [5.41, 5.74) is 1.62. The van der Waals surface area contributed by atoms with E-state index < -0.39 is 12.2 Å². The van der Waals surface area contributed by atoms with E-state index >= 15 is 0 Å². The molecule has 1 fully saturated rings. The molecule has 3 N–H and O–H groups in total. The second-order valence-electron chi connectivity index (χ2n) is 6.84. The fourth-order valence-corrected chi connectivity index (χ4v) is 3.26. The molecular weight excluding hydrogens is 290 g/mol. The van der Waals surface area contributed by atoms with E-state index in [4.69, 9.17) is 5.11 Å². The maximum atomic E-state index is 10.5. The van der Waals surface area contributed by atoms with Gasteiger partial charge in [-0.1, -0.05) is 50.5 Å². The Morgan fingerprint density at radius 1 is 0.957 bits per heavy atom. The molecular formula is C19H31NO3. The molecule has 1 heterocycles. The van der Waals surface area contributed by atoms with E-state index in [0.717, 1.165) is 24.2 Å². The lowest BCUT2D eigenvalue weighted by atomic mass is 9.91. The monoisotopic (exact) mass is 321 g/mol. The minimum atomic E-state index is -0.688. The van der Waals surface area contributed by atoms with E-state index in [-0.39, 0.29) is 12.5 Å². The van der Waals surface area contributed by atoms with Crippen LogP contribution in [0.2, 0.25) is 0 Å². The van der Waals surface area contributed by atoms with Gasteiger partial charge < -0.3 is 20.2 Å². The topological polar surface area (TPSA) is 63.9 Å². The molecule has 0 saturated carbocycles. The zero-order valence-electron chi connectivity index (χ0n) is 14.2. The van der Waals surface area contributed by atoms with Crippen LogP contribution in [-0.4, -0.2) is 46.0 Å². The third kappa shape index (κ3) is 5.57. The Morgan fingerprint density at radius 3 is 2.09 bits per heavy atom. The molecule has 130 valence electrons. The molecule has 0 aromatic heterocycles. The minimum absolute atomic E-state index is 0.00349. The number of rotatable bonds is 6. The summed E-state index contributed by atoms with van der Waals surface area (Å²) in [6, 6.07) is 7.29. The third-order valence-corrected chi connectivity index (χ3v) is 5.00. The average molecular weight is 321 g/mol. The van der Waals surface area contributed by atoms with Crippen molar-refractivity contribution in [1.29, 1.82) is 0 Å². The predicted octanol–water partition coefficient (Wildman–Crippen LogP) is 2.48. The molecule has 1 aliphatic rings. The van der Waals surface area contributed by atoms with Crippen LogP contribution in [0.4, 0.5) is 0 Å². The molecule has 2 rings (SSSR count). The maximum Gasteiger partial charge on any atom is 0.0840 e. The van der Waals surface area contributed by atoms with Crippen LogP contribution in [0, 0.1) is 5.92 Å². The highest BCUT2D eigenvalue weighted by atomic mass is 16.3. The number of likely N-dealkylation sites (tertiary alicyclic amines) is 1. The zero-order valence-corrected chi connectivity index (χ0v) is 14.2. The van der Waals surface area contributed by atoms with Gasteiger partial charge in [-0.25, -0.2) is 0 Å². The molecule has 0 aliphatic carbocycles. The van der Waals surface area contributed by atoms with Gasteiger partial charge in [0, 0.05) is 12.5 Å². The molecule has 0 radical (unpaired) electrons. The summed E-state index contributed by atoms with van der Waals surface area (Å²) >= 11 is 0. The van der Waals surface area contributed by atoms with Crippen molar-refractivity contribution in [1.82, 2.24) is 4.90 Å². The SMILES string of the molecule is C[C@@H]([C@H](O)c1ccc(CO)cc1)[C@@H](O)CN1CCCCCCC1. The van der Waals surface area contributed by atoms with Crippen molar-refractivity contribution < 1.29 is 15.3 Å². The number of nitrogens with zero attached hydrogens (tertiary/aromatic N) is 1. The molecule has 0 amide bonds. The molecule has 3 atom stereocenters. The first kappa shape index (κ1) is 18.4. The quantitative estimate of drug-likeness (QED) is 0.753. The summed E-state index contributed by atoms with van der Waals surface area (Å²) in [4.78, 5) is 2.34. The maximum absolute atomic E-state index is 10.5. The Hall–Kier alpha value is -0.940. The van der Waals surface area contributed by atoms with Gasteiger partial charge in [0.15, 0.2) is 0 Å². The van der Waals surface area contributed by atoms with Gasteiger partial charge in [-0.15, -0.1) is 0 Å². The lowest BCUT2D eigenvalue weighted by molar-refractivity contribution is 0.000579. The smallest absolute Gasteiger partial charge is 0.0840 e. The molecule has 1 aliphatic heterocycles. The van der Waals surface area contributed by atoms with Crippen molar-refractivity contribution in [2.45, 2.75) is 57.8 Å². The second kappa shape index (κ2) is 9.38. The van der Waals surface area contributed by atoms with Crippen LogP contribution in [0.3, 0.4) is 0 Å². The van der Waals surface area contributed by atoms with Gasteiger partial charge in [-0.3, -0.25) is 0 Å². The number of β-amino-alcohol motifs (C(OH)–C–C–N with tert-alkyl or cyclic N) is 1. The molecule has 1 aromatic carbocycles. The summed E-state index contributed by atoms with van der Waals surface area (Å²) in [5, 5.41) is 30.1. The van der Waals surface area contributed by atoms with Crippen molar-refractivity contribution in [3.05, 3.63) is 35.4 Å². The summed E-state index contributed by atoms with van der Waals surface area (Å²) in [5.74, 6) is -0.222.